The van der Waals surface area contributed by atoms with Gasteiger partial charge in [0.25, 0.3) is 0 Å². The fourth-order valence-electron chi connectivity index (χ4n) is 0.0539. The second-order valence-corrected chi connectivity index (χ2v) is 21.6. The van der Waals surface area contributed by atoms with Crippen LogP contribution in [-0.4, -0.2) is 0 Å². The van der Waals surface area contributed by atoms with Gasteiger partial charge in [0.1, 0.15) is 0 Å². The molecule has 0 aromatic carbocycles. The Morgan fingerprint density at radius 1 is 1.43 bits per heavy atom. The summed E-state index contributed by atoms with van der Waals surface area (Å²) in [6.07, 6.45) is 0. The number of hydrogen-bond acceptors (Lipinski definition) is 0. The summed E-state index contributed by atoms with van der Waals surface area (Å²) in [5, 5.41) is 0. The Balaban J connectivity index is 3.14. The van der Waals surface area contributed by atoms with Crippen LogP contribution in [0, 0.1) is 0 Å². The molecule has 7 heavy (non-hydrogen) atoms. The Morgan fingerprint density at radius 3 is 1.86 bits per heavy atom. The third-order valence-corrected chi connectivity index (χ3v) is 28.1. The summed E-state index contributed by atoms with van der Waals surface area (Å²) in [6, 6.07) is 0. The van der Waals surface area contributed by atoms with Gasteiger partial charge in [-0.15, -0.1) is 17.9 Å². The molecule has 0 rings (SSSR count). The maximum absolute atomic E-state index is 3.56. The third-order valence-electron chi connectivity index (χ3n) is 0.347. The maximum Gasteiger partial charge on any atom is -0.0275 e. The lowest BCUT2D eigenvalue weighted by atomic mass is 28.9. The van der Waals surface area contributed by atoms with Crippen LogP contribution in [0.15, 0.2) is 0 Å². The van der Waals surface area contributed by atoms with Gasteiger partial charge in [0.15, 0.2) is 0 Å². The predicted octanol–water partition coefficient (Wildman–Crippen LogP) is 4.15. The van der Waals surface area contributed by atoms with Crippen LogP contribution in [0.1, 0.15) is 0 Å². The quantitative estimate of drug-likeness (QED) is 0.617. The average Bonchev–Trinajstić information content (AvgIpc) is 1.65. The molecule has 0 amide bonds. The lowest BCUT2D eigenvalue weighted by molar-refractivity contribution is 4.87. The van der Waals surface area contributed by atoms with Crippen LogP contribution in [0.5, 0.6) is 0 Å². The van der Waals surface area contributed by atoms with Crippen LogP contribution in [0.2, 0.25) is 0 Å². The molecule has 7 heteroatoms. The molecular formula is H7P7. The summed E-state index contributed by atoms with van der Waals surface area (Å²) in [4.78, 5) is 0. The summed E-state index contributed by atoms with van der Waals surface area (Å²) < 4.78 is 0. The molecule has 5 atom stereocenters. The van der Waals surface area contributed by atoms with Crippen molar-refractivity contribution in [1.82, 2.24) is 0 Å². The zero-order valence-electron chi connectivity index (χ0n) is 3.55. The van der Waals surface area contributed by atoms with E-state index in [1.54, 1.807) is 0 Å². The van der Waals surface area contributed by atoms with Gasteiger partial charge in [-0.05, 0) is 14.0 Å². The molecule has 0 N–H and O–H groups in total. The largest absolute Gasteiger partial charge is 0.102 e. The first-order chi connectivity index (χ1) is 3.18. The maximum atomic E-state index is 3.56. The summed E-state index contributed by atoms with van der Waals surface area (Å²) in [6.45, 7) is 0.214. The van der Waals surface area contributed by atoms with E-state index < -0.39 is 0 Å². The minimum Gasteiger partial charge on any atom is -0.102 e. The van der Waals surface area contributed by atoms with E-state index in [2.05, 4.69) is 35.7 Å². The molecule has 0 spiro atoms. The van der Waals surface area contributed by atoms with E-state index >= 15 is 0 Å². The fraction of sp³-hybridized carbons (Fsp3) is 0. The molecule has 5 unspecified atom stereocenters. The van der Waals surface area contributed by atoms with Crippen LogP contribution in [0.4, 0.5) is 0 Å². The normalized spacial score (nSPS) is 16.7. The van der Waals surface area contributed by atoms with E-state index in [1.165, 1.54) is 0 Å². The highest BCUT2D eigenvalue weighted by Crippen LogP contribution is 2.92. The van der Waals surface area contributed by atoms with Crippen molar-refractivity contribution >= 4 is 57.6 Å². The minimum absolute atomic E-state index is 0.0520. The van der Waals surface area contributed by atoms with Crippen molar-refractivity contribution in [2.24, 2.45) is 0 Å². The first-order valence-corrected chi connectivity index (χ1v) is 12.7. The van der Waals surface area contributed by atoms with Gasteiger partial charge >= 0.3 is 0 Å². The highest BCUT2D eigenvalue weighted by molar-refractivity contribution is 8.98. The second-order valence-electron chi connectivity index (χ2n) is 0.801. The van der Waals surface area contributed by atoms with Crippen molar-refractivity contribution in [1.29, 1.82) is 0 Å². The van der Waals surface area contributed by atoms with E-state index in [4.69, 9.17) is 0 Å². The van der Waals surface area contributed by atoms with Gasteiger partial charge in [-0.25, -0.2) is 0 Å². The topological polar surface area (TPSA) is 0 Å². The van der Waals surface area contributed by atoms with E-state index in [1.807, 2.05) is 0 Å². The average molecular weight is 224 g/mol. The summed E-state index contributed by atoms with van der Waals surface area (Å²) in [7, 11) is 13.5. The Hall–Kier alpha value is 3.01. The van der Waals surface area contributed by atoms with E-state index in [-0.39, 0.29) is 14.0 Å². The summed E-state index contributed by atoms with van der Waals surface area (Å²) >= 11 is 0. The molecule has 0 bridgehead atoms. The monoisotopic (exact) mass is 224 g/mol. The van der Waals surface area contributed by atoms with Crippen molar-refractivity contribution in [2.75, 3.05) is 0 Å². The van der Waals surface area contributed by atoms with Gasteiger partial charge in [-0.3, -0.25) is 0 Å². The number of hydrogen-bond donors (Lipinski definition) is 0. The molecule has 0 saturated carbocycles. The molecule has 0 aromatic rings. The molecule has 0 saturated heterocycles. The highest BCUT2D eigenvalue weighted by Gasteiger charge is 2.01. The lowest BCUT2D eigenvalue weighted by Gasteiger charge is -2.10. The van der Waals surface area contributed by atoms with Gasteiger partial charge in [-0.2, -0.15) is 0 Å². The van der Waals surface area contributed by atoms with Gasteiger partial charge in [0, 0.05) is 0 Å². The third kappa shape index (κ3) is 5.45. The van der Waals surface area contributed by atoms with Gasteiger partial charge < -0.3 is 0 Å². The molecule has 0 aliphatic carbocycles. The lowest BCUT2D eigenvalue weighted by Crippen LogP contribution is -1.19. The van der Waals surface area contributed by atoms with Gasteiger partial charge in [0.05, 0.1) is 0 Å². The highest BCUT2D eigenvalue weighted by atomic mass is 33.0. The predicted molar refractivity (Wildman–Crippen MR) is 58.2 cm³/mol. The molecule has 0 aliphatic heterocycles. The Kier molecular flexibility index (Phi) is 8.25. The zero-order valence-corrected chi connectivity index (χ0v) is 10.6. The molecule has 0 aliphatic rings. The summed E-state index contributed by atoms with van der Waals surface area (Å²) in [5.74, 6) is 0. The Labute approximate surface area is 58.0 Å². The molecule has 0 heterocycles. The summed E-state index contributed by atoms with van der Waals surface area (Å²) in [5.41, 5.74) is 0. The van der Waals surface area contributed by atoms with Crippen molar-refractivity contribution in [2.45, 2.75) is 0 Å². The van der Waals surface area contributed by atoms with Crippen molar-refractivity contribution in [3.8, 4) is 0 Å². The van der Waals surface area contributed by atoms with E-state index in [0.717, 1.165) is 7.96 Å². The minimum atomic E-state index is 0.0520. The van der Waals surface area contributed by atoms with Crippen LogP contribution in [0.3, 0.4) is 0 Å². The molecule has 2 radical (unpaired) electrons. The van der Waals surface area contributed by atoms with Crippen molar-refractivity contribution in [3.63, 3.8) is 0 Å². The molecular weight excluding hydrogens is 217 g/mol. The molecule has 0 fully saturated rings. The molecule has 42 valence electrons. The Morgan fingerprint density at radius 2 is 1.86 bits per heavy atom. The van der Waals surface area contributed by atoms with Crippen LogP contribution in [0.25, 0.3) is 0 Å². The standard InChI is InChI=1S/H7P7/c1-5-7(4)6(2)3/h1-2,5H,3-4H2. The Bertz CT molecular complexity index is 37.3. The van der Waals surface area contributed by atoms with Crippen molar-refractivity contribution in [3.05, 3.63) is 0 Å². The molecule has 0 nitrogen and oxygen atoms in total. The van der Waals surface area contributed by atoms with E-state index in [9.17, 15) is 0 Å². The second kappa shape index (κ2) is 5.77. The zero-order chi connectivity index (χ0) is 5.86. The SMILES string of the molecule is [PH]PP(P)P([PH])P. The van der Waals surface area contributed by atoms with Crippen LogP contribution >= 0.6 is 57.6 Å². The fourth-order valence-corrected chi connectivity index (χ4v) is 13.1. The van der Waals surface area contributed by atoms with Crippen LogP contribution < -0.4 is 0 Å². The first-order valence-electron chi connectivity index (χ1n) is 1.41. The first kappa shape index (κ1) is 10.0. The van der Waals surface area contributed by atoms with E-state index in [0.29, 0.717) is 0 Å². The molecule has 0 aromatic heterocycles. The van der Waals surface area contributed by atoms with Gasteiger partial charge in [-0.1, -0.05) is 25.8 Å². The smallest absolute Gasteiger partial charge is 0.0275 e. The van der Waals surface area contributed by atoms with Crippen molar-refractivity contribution < 1.29 is 0 Å². The van der Waals surface area contributed by atoms with Crippen LogP contribution in [-0.2, 0) is 0 Å². The van der Waals surface area contributed by atoms with Gasteiger partial charge in [0.2, 0.25) is 0 Å². The number of rotatable bonds is 2.